The predicted octanol–water partition coefficient (Wildman–Crippen LogP) is 8.73. The SMILES string of the molecule is c1ccc2c(c1)sc1cccc3c1c2c1cccc2sc4ccccc4c3c21. The van der Waals surface area contributed by atoms with Crippen molar-refractivity contribution in [3.8, 4) is 0 Å². The van der Waals surface area contributed by atoms with Crippen molar-refractivity contribution >= 4 is 84.6 Å². The molecule has 2 aromatic heterocycles. The second-order valence-electron chi connectivity index (χ2n) is 7.30. The third-order valence-corrected chi connectivity index (χ3v) is 8.12. The maximum atomic E-state index is 2.31. The molecule has 130 valence electrons. The van der Waals surface area contributed by atoms with Gasteiger partial charge in [0.25, 0.3) is 0 Å². The fraction of sp³-hybridized carbons (Fsp3) is 0. The number of benzene rings is 5. The third-order valence-electron chi connectivity index (χ3n) is 5.84. The van der Waals surface area contributed by atoms with Gasteiger partial charge in [0.2, 0.25) is 0 Å². The van der Waals surface area contributed by atoms with Crippen molar-refractivity contribution in [2.75, 3.05) is 0 Å². The van der Waals surface area contributed by atoms with Gasteiger partial charge in [-0.25, -0.2) is 0 Å². The van der Waals surface area contributed by atoms with Gasteiger partial charge >= 0.3 is 0 Å². The molecular formula is C26H14S2. The largest absolute Gasteiger partial charge is 0.135 e. The van der Waals surface area contributed by atoms with E-state index in [-0.39, 0.29) is 0 Å². The lowest BCUT2D eigenvalue weighted by Gasteiger charge is -2.17. The van der Waals surface area contributed by atoms with Crippen LogP contribution in [0.5, 0.6) is 0 Å². The molecule has 0 aliphatic rings. The van der Waals surface area contributed by atoms with Crippen LogP contribution in [0.25, 0.3) is 61.9 Å². The van der Waals surface area contributed by atoms with Crippen LogP contribution in [0.4, 0.5) is 0 Å². The van der Waals surface area contributed by atoms with Crippen molar-refractivity contribution in [3.63, 3.8) is 0 Å². The van der Waals surface area contributed by atoms with Crippen LogP contribution in [0.15, 0.2) is 84.9 Å². The monoisotopic (exact) mass is 390 g/mol. The molecule has 0 nitrogen and oxygen atoms in total. The van der Waals surface area contributed by atoms with Gasteiger partial charge in [-0.3, -0.25) is 0 Å². The van der Waals surface area contributed by atoms with Gasteiger partial charge in [-0.1, -0.05) is 60.7 Å². The minimum Gasteiger partial charge on any atom is -0.135 e. The highest BCUT2D eigenvalue weighted by Crippen LogP contribution is 2.48. The van der Waals surface area contributed by atoms with Crippen LogP contribution in [0, 0.1) is 0 Å². The Bertz CT molecular complexity index is 1580. The van der Waals surface area contributed by atoms with E-state index >= 15 is 0 Å². The minimum atomic E-state index is 1.35. The summed E-state index contributed by atoms with van der Waals surface area (Å²) in [5.41, 5.74) is 0. The zero-order valence-corrected chi connectivity index (χ0v) is 16.5. The molecule has 0 atom stereocenters. The van der Waals surface area contributed by atoms with Crippen molar-refractivity contribution < 1.29 is 0 Å². The van der Waals surface area contributed by atoms with Crippen molar-refractivity contribution in [3.05, 3.63) is 84.9 Å². The summed E-state index contributed by atoms with van der Waals surface area (Å²) in [5.74, 6) is 0. The lowest BCUT2D eigenvalue weighted by Crippen LogP contribution is -1.88. The van der Waals surface area contributed by atoms with Crippen LogP contribution in [0.2, 0.25) is 0 Å². The van der Waals surface area contributed by atoms with E-state index < -0.39 is 0 Å². The number of hydrogen-bond donors (Lipinski definition) is 0. The summed E-state index contributed by atoms with van der Waals surface area (Å²) < 4.78 is 5.44. The fourth-order valence-corrected chi connectivity index (χ4v) is 7.00. The summed E-state index contributed by atoms with van der Waals surface area (Å²) >= 11 is 3.80. The summed E-state index contributed by atoms with van der Waals surface area (Å²) in [6.45, 7) is 0. The van der Waals surface area contributed by atoms with Crippen molar-refractivity contribution in [2.24, 2.45) is 0 Å². The Morgan fingerprint density at radius 2 is 0.714 bits per heavy atom. The number of rotatable bonds is 0. The summed E-state index contributed by atoms with van der Waals surface area (Å²) in [7, 11) is 0. The summed E-state index contributed by atoms with van der Waals surface area (Å²) in [4.78, 5) is 0. The normalized spacial score (nSPS) is 12.3. The Balaban J connectivity index is 1.98. The van der Waals surface area contributed by atoms with Gasteiger partial charge < -0.3 is 0 Å². The maximum absolute atomic E-state index is 2.31. The maximum Gasteiger partial charge on any atom is 0.0361 e. The van der Waals surface area contributed by atoms with Crippen molar-refractivity contribution in [1.82, 2.24) is 0 Å². The van der Waals surface area contributed by atoms with E-state index in [2.05, 4.69) is 84.9 Å². The predicted molar refractivity (Wildman–Crippen MR) is 127 cm³/mol. The Morgan fingerprint density at radius 1 is 0.321 bits per heavy atom. The molecule has 0 spiro atoms. The highest BCUT2D eigenvalue weighted by atomic mass is 32.1. The minimum absolute atomic E-state index is 1.35. The molecule has 7 aromatic rings. The second-order valence-corrected chi connectivity index (χ2v) is 9.47. The van der Waals surface area contributed by atoms with E-state index in [9.17, 15) is 0 Å². The first kappa shape index (κ1) is 15.0. The van der Waals surface area contributed by atoms with Gasteiger partial charge in [-0.05, 0) is 35.0 Å². The summed E-state index contributed by atoms with van der Waals surface area (Å²) in [5, 5.41) is 11.1. The van der Waals surface area contributed by atoms with E-state index in [1.165, 1.54) is 61.9 Å². The molecular weight excluding hydrogens is 376 g/mol. The van der Waals surface area contributed by atoms with Gasteiger partial charge in [0, 0.05) is 51.1 Å². The lowest BCUT2D eigenvalue weighted by atomic mass is 9.92. The van der Waals surface area contributed by atoms with Crippen molar-refractivity contribution in [2.45, 2.75) is 0 Å². The Morgan fingerprint density at radius 3 is 1.21 bits per heavy atom. The van der Waals surface area contributed by atoms with E-state index in [1.54, 1.807) is 0 Å². The molecule has 7 rings (SSSR count). The number of hydrogen-bond acceptors (Lipinski definition) is 2. The van der Waals surface area contributed by atoms with Gasteiger partial charge in [0.05, 0.1) is 0 Å². The van der Waals surface area contributed by atoms with Gasteiger partial charge in [-0.15, -0.1) is 22.7 Å². The van der Waals surface area contributed by atoms with E-state index in [0.29, 0.717) is 0 Å². The van der Waals surface area contributed by atoms with Gasteiger partial charge in [-0.2, -0.15) is 0 Å². The van der Waals surface area contributed by atoms with Crippen LogP contribution < -0.4 is 0 Å². The summed E-state index contributed by atoms with van der Waals surface area (Å²) in [6, 6.07) is 31.3. The molecule has 0 amide bonds. The van der Waals surface area contributed by atoms with Gasteiger partial charge in [0.15, 0.2) is 0 Å². The van der Waals surface area contributed by atoms with E-state index in [4.69, 9.17) is 0 Å². The van der Waals surface area contributed by atoms with E-state index in [1.807, 2.05) is 22.7 Å². The Labute approximate surface area is 169 Å². The van der Waals surface area contributed by atoms with Gasteiger partial charge in [0.1, 0.15) is 0 Å². The smallest absolute Gasteiger partial charge is 0.0361 e. The zero-order chi connectivity index (χ0) is 18.2. The molecule has 0 saturated heterocycles. The Kier molecular flexibility index (Phi) is 2.85. The van der Waals surface area contributed by atoms with Crippen LogP contribution in [-0.4, -0.2) is 0 Å². The molecule has 0 fully saturated rings. The fourth-order valence-electron chi connectivity index (χ4n) is 4.75. The molecule has 0 aliphatic carbocycles. The Hall–Kier alpha value is -2.94. The highest BCUT2D eigenvalue weighted by Gasteiger charge is 2.17. The first-order valence-electron chi connectivity index (χ1n) is 9.46. The van der Waals surface area contributed by atoms with E-state index in [0.717, 1.165) is 0 Å². The van der Waals surface area contributed by atoms with Crippen LogP contribution in [-0.2, 0) is 0 Å². The summed E-state index contributed by atoms with van der Waals surface area (Å²) in [6.07, 6.45) is 0. The molecule has 0 bridgehead atoms. The van der Waals surface area contributed by atoms with Crippen LogP contribution in [0.3, 0.4) is 0 Å². The second kappa shape index (κ2) is 5.32. The van der Waals surface area contributed by atoms with Crippen molar-refractivity contribution in [1.29, 1.82) is 0 Å². The highest BCUT2D eigenvalue weighted by molar-refractivity contribution is 7.26. The molecule has 0 N–H and O–H groups in total. The molecule has 2 heteroatoms. The van der Waals surface area contributed by atoms with Crippen LogP contribution in [0.1, 0.15) is 0 Å². The molecule has 0 aliphatic heterocycles. The lowest BCUT2D eigenvalue weighted by molar-refractivity contribution is 1.84. The molecule has 5 aromatic carbocycles. The average Bonchev–Trinajstić information content (AvgIpc) is 2.75. The standard InChI is InChI=1S/C26H14S2/c1-3-11-19-15(7-1)23-17-9-5-14-22-26(17)24(16-8-2-4-12-20(16)28-22)18-10-6-13-21(27-19)25(18)23/h1-14H. The first-order chi connectivity index (χ1) is 13.9. The molecule has 2 heterocycles. The molecule has 28 heavy (non-hydrogen) atoms. The van der Waals surface area contributed by atoms with Crippen LogP contribution >= 0.6 is 22.7 Å². The molecule has 0 unspecified atom stereocenters. The molecule has 0 saturated carbocycles. The number of fused-ring (bicyclic) bond motifs is 6. The quantitative estimate of drug-likeness (QED) is 0.179. The topological polar surface area (TPSA) is 0 Å². The molecule has 0 radical (unpaired) electrons. The third kappa shape index (κ3) is 1.80. The average molecular weight is 391 g/mol. The zero-order valence-electron chi connectivity index (χ0n) is 14.9. The first-order valence-corrected chi connectivity index (χ1v) is 11.1.